The van der Waals surface area contributed by atoms with E-state index in [1.165, 1.54) is 11.1 Å². The van der Waals surface area contributed by atoms with Gasteiger partial charge in [-0.1, -0.05) is 36.4 Å². The summed E-state index contributed by atoms with van der Waals surface area (Å²) in [5.41, 5.74) is 5.32. The summed E-state index contributed by atoms with van der Waals surface area (Å²) in [5.74, 6) is 0.795. The summed E-state index contributed by atoms with van der Waals surface area (Å²) in [6.45, 7) is 5.85. The summed E-state index contributed by atoms with van der Waals surface area (Å²) in [6.07, 6.45) is 2.81. The first kappa shape index (κ1) is 20.2. The van der Waals surface area contributed by atoms with E-state index in [4.69, 9.17) is 4.74 Å². The van der Waals surface area contributed by atoms with Crippen LogP contribution in [-0.2, 0) is 17.8 Å². The van der Waals surface area contributed by atoms with Gasteiger partial charge < -0.3 is 10.1 Å². The third kappa shape index (κ3) is 4.09. The van der Waals surface area contributed by atoms with E-state index in [9.17, 15) is 4.79 Å². The maximum absolute atomic E-state index is 12.9. The number of nitrogens with zero attached hydrogens (tertiary/aromatic N) is 3. The minimum absolute atomic E-state index is 0.00950. The van der Waals surface area contributed by atoms with Crippen molar-refractivity contribution in [1.82, 2.24) is 14.7 Å². The van der Waals surface area contributed by atoms with Crippen LogP contribution in [0.15, 0.2) is 54.7 Å². The summed E-state index contributed by atoms with van der Waals surface area (Å²) in [4.78, 5) is 15.2. The Labute approximate surface area is 177 Å². The van der Waals surface area contributed by atoms with Crippen molar-refractivity contribution in [1.29, 1.82) is 0 Å². The maximum atomic E-state index is 12.9. The quantitative estimate of drug-likeness (QED) is 0.679. The zero-order chi connectivity index (χ0) is 21.1. The molecule has 6 heteroatoms. The van der Waals surface area contributed by atoms with Gasteiger partial charge in [-0.2, -0.15) is 5.10 Å². The van der Waals surface area contributed by atoms with Crippen LogP contribution in [-0.4, -0.2) is 40.8 Å². The van der Waals surface area contributed by atoms with Crippen molar-refractivity contribution in [3.63, 3.8) is 0 Å². The van der Waals surface area contributed by atoms with Gasteiger partial charge in [0, 0.05) is 19.3 Å². The predicted molar refractivity (Wildman–Crippen MR) is 118 cm³/mol. The summed E-state index contributed by atoms with van der Waals surface area (Å²) >= 11 is 0. The fourth-order valence-corrected chi connectivity index (χ4v) is 4.17. The number of carbonyl (C=O) groups is 1. The van der Waals surface area contributed by atoms with Crippen molar-refractivity contribution in [3.8, 4) is 5.75 Å². The molecule has 1 aliphatic rings. The second-order valence-corrected chi connectivity index (χ2v) is 7.63. The monoisotopic (exact) mass is 404 g/mol. The van der Waals surface area contributed by atoms with Gasteiger partial charge in [-0.3, -0.25) is 14.4 Å². The van der Waals surface area contributed by atoms with Crippen LogP contribution in [0.1, 0.15) is 35.3 Å². The average molecular weight is 405 g/mol. The van der Waals surface area contributed by atoms with Gasteiger partial charge in [0.25, 0.3) is 0 Å². The molecule has 0 aliphatic carbocycles. The van der Waals surface area contributed by atoms with Gasteiger partial charge in [-0.25, -0.2) is 0 Å². The molecule has 0 bridgehead atoms. The van der Waals surface area contributed by atoms with Gasteiger partial charge in [-0.05, 0) is 49.1 Å². The van der Waals surface area contributed by atoms with E-state index in [0.717, 1.165) is 42.2 Å². The van der Waals surface area contributed by atoms with Gasteiger partial charge >= 0.3 is 0 Å². The van der Waals surface area contributed by atoms with Crippen LogP contribution >= 0.6 is 0 Å². The van der Waals surface area contributed by atoms with Gasteiger partial charge in [0.2, 0.25) is 5.91 Å². The number of ether oxygens (including phenoxy) is 1. The van der Waals surface area contributed by atoms with Crippen molar-refractivity contribution in [2.75, 3.05) is 25.5 Å². The summed E-state index contributed by atoms with van der Waals surface area (Å²) in [7, 11) is 1.68. The number of rotatable bonds is 6. The molecule has 0 saturated heterocycles. The number of fused-ring (bicyclic) bond motifs is 1. The number of hydrogen-bond acceptors (Lipinski definition) is 4. The lowest BCUT2D eigenvalue weighted by Crippen LogP contribution is -2.41. The predicted octanol–water partition coefficient (Wildman–Crippen LogP) is 3.81. The second-order valence-electron chi connectivity index (χ2n) is 7.63. The van der Waals surface area contributed by atoms with Crippen molar-refractivity contribution in [2.45, 2.75) is 32.9 Å². The SMILES string of the molecule is CCn1cc(NC(=O)CN2CCc3ccccc3C2c2cccc(OC)c2)c(C)n1. The zero-order valence-electron chi connectivity index (χ0n) is 17.8. The second kappa shape index (κ2) is 8.71. The molecule has 1 aliphatic heterocycles. The molecule has 0 saturated carbocycles. The number of benzene rings is 2. The molecule has 156 valence electrons. The van der Waals surface area contributed by atoms with Crippen molar-refractivity contribution in [2.24, 2.45) is 0 Å². The molecule has 6 nitrogen and oxygen atoms in total. The van der Waals surface area contributed by atoms with Gasteiger partial charge in [0.15, 0.2) is 0 Å². The Morgan fingerprint density at radius 2 is 2.07 bits per heavy atom. The number of nitrogens with one attached hydrogen (secondary N) is 1. The van der Waals surface area contributed by atoms with Gasteiger partial charge in [0.05, 0.1) is 31.1 Å². The highest BCUT2D eigenvalue weighted by Gasteiger charge is 2.30. The van der Waals surface area contributed by atoms with Crippen LogP contribution in [0.2, 0.25) is 0 Å². The molecule has 1 aromatic heterocycles. The fraction of sp³-hybridized carbons (Fsp3) is 0.333. The molecular weight excluding hydrogens is 376 g/mol. The molecule has 1 amide bonds. The molecule has 1 atom stereocenters. The number of carbonyl (C=O) groups excluding carboxylic acids is 1. The zero-order valence-corrected chi connectivity index (χ0v) is 17.8. The first-order valence-electron chi connectivity index (χ1n) is 10.4. The van der Waals surface area contributed by atoms with E-state index in [0.29, 0.717) is 6.54 Å². The van der Waals surface area contributed by atoms with Crippen LogP contribution in [0.25, 0.3) is 0 Å². The number of hydrogen-bond donors (Lipinski definition) is 1. The third-order valence-electron chi connectivity index (χ3n) is 5.68. The normalized spacial score (nSPS) is 16.2. The fourth-order valence-electron chi connectivity index (χ4n) is 4.17. The Kier molecular flexibility index (Phi) is 5.86. The average Bonchev–Trinajstić information content (AvgIpc) is 3.12. The molecule has 1 N–H and O–H groups in total. The molecule has 0 fully saturated rings. The lowest BCUT2D eigenvalue weighted by molar-refractivity contribution is -0.117. The van der Waals surface area contributed by atoms with E-state index in [1.54, 1.807) is 7.11 Å². The van der Waals surface area contributed by atoms with Crippen LogP contribution < -0.4 is 10.1 Å². The maximum Gasteiger partial charge on any atom is 0.238 e. The lowest BCUT2D eigenvalue weighted by atomic mass is 9.88. The van der Waals surface area contributed by atoms with Crippen molar-refractivity contribution >= 4 is 11.6 Å². The Bertz CT molecular complexity index is 1040. The Morgan fingerprint density at radius 3 is 2.83 bits per heavy atom. The standard InChI is InChI=1S/C24H28N4O2/c1-4-28-15-22(17(2)26-28)25-23(29)16-27-13-12-18-8-5-6-11-21(18)24(27)19-9-7-10-20(14-19)30-3/h5-11,14-15,24H,4,12-13,16H2,1-3H3,(H,25,29). The van der Waals surface area contributed by atoms with E-state index < -0.39 is 0 Å². The number of methoxy groups -OCH3 is 1. The highest BCUT2D eigenvalue weighted by molar-refractivity contribution is 5.92. The highest BCUT2D eigenvalue weighted by Crippen LogP contribution is 2.36. The van der Waals surface area contributed by atoms with E-state index >= 15 is 0 Å². The van der Waals surface area contributed by atoms with Gasteiger partial charge in [0.1, 0.15) is 5.75 Å². The largest absolute Gasteiger partial charge is 0.497 e. The van der Waals surface area contributed by atoms with Crippen molar-refractivity contribution in [3.05, 3.63) is 77.1 Å². The number of aryl methyl sites for hydroxylation is 2. The minimum Gasteiger partial charge on any atom is -0.497 e. The first-order valence-corrected chi connectivity index (χ1v) is 10.4. The minimum atomic E-state index is -0.0268. The van der Waals surface area contributed by atoms with E-state index in [1.807, 2.05) is 36.9 Å². The lowest BCUT2D eigenvalue weighted by Gasteiger charge is -2.37. The summed E-state index contributed by atoms with van der Waals surface area (Å²) < 4.78 is 7.28. The highest BCUT2D eigenvalue weighted by atomic mass is 16.5. The van der Waals surface area contributed by atoms with Crippen LogP contribution in [0.4, 0.5) is 5.69 Å². The van der Waals surface area contributed by atoms with E-state index in [2.05, 4.69) is 51.7 Å². The molecule has 1 unspecified atom stereocenters. The van der Waals surface area contributed by atoms with Crippen molar-refractivity contribution < 1.29 is 9.53 Å². The molecular formula is C24H28N4O2. The van der Waals surface area contributed by atoms with Crippen LogP contribution in [0.3, 0.4) is 0 Å². The Morgan fingerprint density at radius 1 is 1.23 bits per heavy atom. The molecule has 0 radical (unpaired) electrons. The smallest absolute Gasteiger partial charge is 0.238 e. The number of amides is 1. The summed E-state index contributed by atoms with van der Waals surface area (Å²) in [6, 6.07) is 16.6. The molecule has 0 spiro atoms. The molecule has 3 aromatic rings. The number of anilines is 1. The van der Waals surface area contributed by atoms with Crippen LogP contribution in [0.5, 0.6) is 5.75 Å². The Balaban J connectivity index is 1.60. The molecule has 2 aromatic carbocycles. The molecule has 4 rings (SSSR count). The first-order chi connectivity index (χ1) is 14.6. The molecule has 2 heterocycles. The molecule has 30 heavy (non-hydrogen) atoms. The summed E-state index contributed by atoms with van der Waals surface area (Å²) in [5, 5.41) is 7.46. The Hall–Kier alpha value is -3.12. The van der Waals surface area contributed by atoms with E-state index in [-0.39, 0.29) is 11.9 Å². The topological polar surface area (TPSA) is 59.4 Å². The third-order valence-corrected chi connectivity index (χ3v) is 5.68. The van der Waals surface area contributed by atoms with Gasteiger partial charge in [-0.15, -0.1) is 0 Å². The number of aromatic nitrogens is 2. The van der Waals surface area contributed by atoms with Crippen LogP contribution in [0, 0.1) is 6.92 Å².